The summed E-state index contributed by atoms with van der Waals surface area (Å²) in [4.78, 5) is 140. The molecular weight excluding hydrogens is 1020 g/mol. The van der Waals surface area contributed by atoms with Gasteiger partial charge in [-0.15, -0.1) is 0 Å². The fourth-order valence-corrected chi connectivity index (χ4v) is 7.68. The molecule has 0 aliphatic rings. The van der Waals surface area contributed by atoms with Crippen LogP contribution in [-0.2, 0) is 73.6 Å². The van der Waals surface area contributed by atoms with Crippen molar-refractivity contribution in [3.05, 3.63) is 126 Å². The lowest BCUT2D eigenvalue weighted by molar-refractivity contribution is -0.142. The van der Waals surface area contributed by atoms with Crippen LogP contribution in [0.4, 0.5) is 0 Å². The number of H-pyrrole nitrogens is 1. The number of carbonyl (C=O) groups excluding carboxylic acids is 9. The Hall–Kier alpha value is -8.59. The van der Waals surface area contributed by atoms with Gasteiger partial charge in [0, 0.05) is 37.6 Å². The molecule has 16 N–H and O–H groups in total. The second-order valence-corrected chi connectivity index (χ2v) is 18.4. The van der Waals surface area contributed by atoms with Crippen molar-refractivity contribution >= 4 is 59.1 Å². The highest BCUT2D eigenvalue weighted by Crippen LogP contribution is 2.10. The van der Waals surface area contributed by atoms with Crippen molar-refractivity contribution in [3.63, 3.8) is 0 Å². The number of nitrogens with two attached hydrogens (primary N) is 1. The number of nitrogens with one attached hydrogen (secondary N) is 10. The summed E-state index contributed by atoms with van der Waals surface area (Å²) in [6, 6.07) is 13.0. The third-order valence-electron chi connectivity index (χ3n) is 11.9. The summed E-state index contributed by atoms with van der Waals surface area (Å²) in [6.45, 7) is 1.12. The molecule has 0 aliphatic carbocycles. The van der Waals surface area contributed by atoms with Gasteiger partial charge in [-0.2, -0.15) is 0 Å². The number of imidazole rings is 1. The Morgan fingerprint density at radius 1 is 0.500 bits per heavy atom. The van der Waals surface area contributed by atoms with Crippen LogP contribution in [0, 0.1) is 5.92 Å². The molecule has 0 fully saturated rings. The van der Waals surface area contributed by atoms with Crippen molar-refractivity contribution in [1.82, 2.24) is 57.8 Å². The molecule has 1 heterocycles. The van der Waals surface area contributed by atoms with E-state index >= 15 is 0 Å². The summed E-state index contributed by atoms with van der Waals surface area (Å²) >= 11 is 0. The van der Waals surface area contributed by atoms with E-state index in [2.05, 4.69) is 57.8 Å². The molecule has 4 rings (SSSR count). The van der Waals surface area contributed by atoms with Crippen molar-refractivity contribution in [1.29, 1.82) is 0 Å². The molecule has 0 spiro atoms. The zero-order valence-corrected chi connectivity index (χ0v) is 43.1. The second kappa shape index (κ2) is 31.5. The van der Waals surface area contributed by atoms with Crippen molar-refractivity contribution in [3.8, 4) is 0 Å². The number of carboxylic acid groups (broad SMARTS) is 1. The normalized spacial score (nSPS) is 14.5. The first kappa shape index (κ1) is 62.0. The van der Waals surface area contributed by atoms with Crippen LogP contribution in [-0.4, -0.2) is 170 Å². The van der Waals surface area contributed by atoms with Gasteiger partial charge in [0.2, 0.25) is 53.2 Å². The fraction of sp³-hybridized carbons (Fsp3) is 0.404. The number of aliphatic hydroxyl groups is 3. The molecule has 26 heteroatoms. The summed E-state index contributed by atoms with van der Waals surface area (Å²) in [5, 5.41) is 62.8. The van der Waals surface area contributed by atoms with E-state index in [1.165, 1.54) is 19.4 Å². The Balaban J connectivity index is 1.45. The number of carbonyl (C=O) groups is 10. The number of aromatic amines is 1. The van der Waals surface area contributed by atoms with E-state index in [-0.39, 0.29) is 25.7 Å². The van der Waals surface area contributed by atoms with Crippen LogP contribution in [0.5, 0.6) is 0 Å². The zero-order chi connectivity index (χ0) is 57.3. The van der Waals surface area contributed by atoms with E-state index in [1.807, 2.05) is 0 Å². The Labute approximate surface area is 448 Å². The average molecular weight is 1090 g/mol. The molecule has 9 amide bonds. The Bertz CT molecular complexity index is 2630. The van der Waals surface area contributed by atoms with Gasteiger partial charge in [0.05, 0.1) is 38.7 Å². The molecular formula is C52H68N12O14. The number of aromatic nitrogens is 2. The highest BCUT2D eigenvalue weighted by molar-refractivity contribution is 5.98. The minimum absolute atomic E-state index is 0.0160. The molecule has 420 valence electrons. The van der Waals surface area contributed by atoms with Gasteiger partial charge in [0.1, 0.15) is 48.3 Å². The van der Waals surface area contributed by atoms with Crippen LogP contribution in [0.3, 0.4) is 0 Å². The van der Waals surface area contributed by atoms with Gasteiger partial charge in [0.15, 0.2) is 0 Å². The first-order valence-electron chi connectivity index (χ1n) is 24.8. The smallest absolute Gasteiger partial charge is 0.326 e. The van der Waals surface area contributed by atoms with Gasteiger partial charge in [-0.1, -0.05) is 105 Å². The Kier molecular flexibility index (Phi) is 25.0. The maximum atomic E-state index is 14.0. The lowest BCUT2D eigenvalue weighted by atomic mass is 10.0. The van der Waals surface area contributed by atoms with E-state index in [1.54, 1.807) is 105 Å². The molecule has 3 aromatic carbocycles. The third-order valence-corrected chi connectivity index (χ3v) is 11.9. The molecule has 4 aromatic rings. The average Bonchev–Trinajstić information content (AvgIpc) is 3.94. The Morgan fingerprint density at radius 3 is 1.33 bits per heavy atom. The molecule has 0 unspecified atom stereocenters. The number of hydrogen-bond donors (Lipinski definition) is 15. The standard InChI is InChI=1S/C52H68N12O14/c1-29(2)43(50(75)60-38(52(77)78)22-34-24-54-28-56-34)63-42(69)25-55-45(70)35(19-31-13-7-4-8-14-31)58-48(73)39(26-65)62-49(74)40(27-66)61-46(71)37(21-33-17-11-6-12-18-33)59-51(76)44(30(3)67)64-47(72)36(57-41(68)23-53)20-32-15-9-5-10-16-32/h4-18,24,28-30,35-40,43-44,65-67H,19-23,25-27,53H2,1-3H3,(H,54,56)(H,55,70)(H,57,68)(H,58,73)(H,59,76)(H,60,75)(H,61,71)(H,62,74)(H,63,69)(H,64,72)(H,77,78)/t30-,35+,36+,37+,38+,39+,40+,43+,44+/m1/s1. The highest BCUT2D eigenvalue weighted by atomic mass is 16.4. The quantitative estimate of drug-likeness (QED) is 0.0227. The third kappa shape index (κ3) is 20.2. The molecule has 0 aliphatic heterocycles. The summed E-state index contributed by atoms with van der Waals surface area (Å²) in [5.41, 5.74) is 7.61. The molecule has 0 saturated carbocycles. The maximum absolute atomic E-state index is 14.0. The minimum Gasteiger partial charge on any atom is -0.480 e. The van der Waals surface area contributed by atoms with Crippen LogP contribution < -0.4 is 53.6 Å². The lowest BCUT2D eigenvalue weighted by Gasteiger charge is -2.28. The SMILES string of the molecule is CC(C)[C@H](NC(=O)CNC(=O)[C@H](Cc1ccccc1)NC(=O)[C@H](CO)NC(=O)[C@H](CO)NC(=O)[C@H](Cc1ccccc1)NC(=O)[C@@H](NC(=O)[C@H](Cc1ccccc1)NC(=O)CN)[C@@H](C)O)C(=O)N[C@@H](Cc1cnc[nH]1)C(=O)O. The largest absolute Gasteiger partial charge is 0.480 e. The molecule has 0 bridgehead atoms. The fourth-order valence-electron chi connectivity index (χ4n) is 7.68. The first-order valence-corrected chi connectivity index (χ1v) is 24.8. The zero-order valence-electron chi connectivity index (χ0n) is 43.1. The number of aliphatic carboxylic acids is 1. The number of aliphatic hydroxyl groups excluding tert-OH is 3. The van der Waals surface area contributed by atoms with E-state index in [9.17, 15) is 68.4 Å². The van der Waals surface area contributed by atoms with E-state index in [0.29, 0.717) is 22.4 Å². The second-order valence-electron chi connectivity index (χ2n) is 18.4. The number of carboxylic acids is 1. The van der Waals surface area contributed by atoms with Gasteiger partial charge < -0.3 is 79.0 Å². The number of amides is 9. The topological polar surface area (TPSA) is 415 Å². The van der Waals surface area contributed by atoms with Crippen LogP contribution in [0.15, 0.2) is 104 Å². The van der Waals surface area contributed by atoms with Crippen LogP contribution in [0.1, 0.15) is 43.2 Å². The van der Waals surface area contributed by atoms with Crippen molar-refractivity contribution in [2.45, 2.75) is 101 Å². The van der Waals surface area contributed by atoms with Gasteiger partial charge >= 0.3 is 5.97 Å². The number of rotatable bonds is 31. The predicted octanol–water partition coefficient (Wildman–Crippen LogP) is -4.26. The molecule has 26 nitrogen and oxygen atoms in total. The number of hydrogen-bond acceptors (Lipinski definition) is 15. The van der Waals surface area contributed by atoms with Crippen LogP contribution in [0.2, 0.25) is 0 Å². The maximum Gasteiger partial charge on any atom is 0.326 e. The highest BCUT2D eigenvalue weighted by Gasteiger charge is 2.36. The van der Waals surface area contributed by atoms with E-state index in [4.69, 9.17) is 5.73 Å². The first-order chi connectivity index (χ1) is 37.2. The van der Waals surface area contributed by atoms with E-state index in [0.717, 1.165) is 0 Å². The summed E-state index contributed by atoms with van der Waals surface area (Å²) in [5.74, 6) is -10.4. The molecule has 78 heavy (non-hydrogen) atoms. The van der Waals surface area contributed by atoms with Crippen LogP contribution >= 0.6 is 0 Å². The van der Waals surface area contributed by atoms with Crippen molar-refractivity contribution in [2.24, 2.45) is 11.7 Å². The van der Waals surface area contributed by atoms with E-state index < -0.39 is 146 Å². The van der Waals surface area contributed by atoms with Gasteiger partial charge in [-0.05, 0) is 29.5 Å². The monoisotopic (exact) mass is 1080 g/mol. The van der Waals surface area contributed by atoms with Crippen LogP contribution in [0.25, 0.3) is 0 Å². The van der Waals surface area contributed by atoms with Gasteiger partial charge in [0.25, 0.3) is 0 Å². The predicted molar refractivity (Wildman–Crippen MR) is 279 cm³/mol. The Morgan fingerprint density at radius 2 is 0.910 bits per heavy atom. The number of benzene rings is 3. The number of nitrogens with zero attached hydrogens (tertiary/aromatic N) is 1. The van der Waals surface area contributed by atoms with Gasteiger partial charge in [-0.3, -0.25) is 43.2 Å². The minimum atomic E-state index is -1.82. The molecule has 0 saturated heterocycles. The van der Waals surface area contributed by atoms with Crippen molar-refractivity contribution < 1.29 is 68.4 Å². The molecule has 9 atom stereocenters. The molecule has 0 radical (unpaired) electrons. The lowest BCUT2D eigenvalue weighted by Crippen LogP contribution is -2.62. The summed E-state index contributed by atoms with van der Waals surface area (Å²) < 4.78 is 0. The summed E-state index contributed by atoms with van der Waals surface area (Å²) in [6.07, 6.45) is 0.653. The van der Waals surface area contributed by atoms with Gasteiger partial charge in [-0.25, -0.2) is 9.78 Å². The molecule has 1 aromatic heterocycles. The van der Waals surface area contributed by atoms with Crippen molar-refractivity contribution in [2.75, 3.05) is 26.3 Å². The summed E-state index contributed by atoms with van der Waals surface area (Å²) in [7, 11) is 0.